The van der Waals surface area contributed by atoms with E-state index in [4.69, 9.17) is 0 Å². The molecule has 112 valence electrons. The molecule has 2 aromatic carbocycles. The van der Waals surface area contributed by atoms with Gasteiger partial charge in [-0.1, -0.05) is 36.4 Å². The van der Waals surface area contributed by atoms with Crippen LogP contribution in [-0.2, 0) is 4.79 Å². The number of carbonyl (C=O) groups is 1. The maximum Gasteiger partial charge on any atom is 0.573 e. The zero-order chi connectivity index (χ0) is 15.7. The van der Waals surface area contributed by atoms with Gasteiger partial charge in [0.1, 0.15) is 5.75 Å². The van der Waals surface area contributed by atoms with Crippen molar-refractivity contribution < 1.29 is 22.7 Å². The van der Waals surface area contributed by atoms with Gasteiger partial charge in [-0.15, -0.1) is 13.2 Å². The molecule has 0 saturated heterocycles. The van der Waals surface area contributed by atoms with E-state index in [1.165, 1.54) is 24.3 Å². The maximum atomic E-state index is 12.4. The molecule has 0 aliphatic carbocycles. The first-order valence-electron chi connectivity index (χ1n) is 6.41. The van der Waals surface area contributed by atoms with Crippen LogP contribution >= 0.6 is 0 Å². The minimum absolute atomic E-state index is 0.182. The first kappa shape index (κ1) is 14.2. The molecular formula is C16H10F3NO2. The van der Waals surface area contributed by atoms with E-state index in [2.05, 4.69) is 10.1 Å². The van der Waals surface area contributed by atoms with Crippen LogP contribution in [-0.4, -0.2) is 12.3 Å². The second-order valence-corrected chi connectivity index (χ2v) is 4.64. The van der Waals surface area contributed by atoms with E-state index in [-0.39, 0.29) is 17.2 Å². The van der Waals surface area contributed by atoms with Gasteiger partial charge in [-0.2, -0.15) is 0 Å². The molecule has 1 aliphatic rings. The van der Waals surface area contributed by atoms with E-state index in [1.54, 1.807) is 30.3 Å². The van der Waals surface area contributed by atoms with Gasteiger partial charge in [0.05, 0.1) is 0 Å². The van der Waals surface area contributed by atoms with Crippen LogP contribution in [0.3, 0.4) is 0 Å². The fourth-order valence-electron chi connectivity index (χ4n) is 2.26. The average Bonchev–Trinajstić information content (AvgIpc) is 2.76. The van der Waals surface area contributed by atoms with Crippen LogP contribution in [0.4, 0.5) is 18.9 Å². The van der Waals surface area contributed by atoms with Crippen LogP contribution in [0.2, 0.25) is 0 Å². The smallest absolute Gasteiger partial charge is 0.405 e. The summed E-state index contributed by atoms with van der Waals surface area (Å²) in [5, 5.41) is 2.67. The Kier molecular flexibility index (Phi) is 3.36. The monoisotopic (exact) mass is 305 g/mol. The number of halogens is 3. The molecule has 0 bridgehead atoms. The van der Waals surface area contributed by atoms with Gasteiger partial charge in [0.2, 0.25) is 0 Å². The standard InChI is InChI=1S/C16H10F3NO2/c17-16(18,19)22-14-8-4-1-5-10(14)9-12-11-6-2-3-7-13(11)20-15(12)21/h1-9H,(H,20,21)/b12-9-. The molecule has 22 heavy (non-hydrogen) atoms. The van der Waals surface area contributed by atoms with Gasteiger partial charge in [-0.05, 0) is 18.2 Å². The van der Waals surface area contributed by atoms with Gasteiger partial charge in [-0.25, -0.2) is 0 Å². The number of rotatable bonds is 2. The second-order valence-electron chi connectivity index (χ2n) is 4.64. The van der Waals surface area contributed by atoms with E-state index < -0.39 is 6.36 Å². The molecule has 0 saturated carbocycles. The van der Waals surface area contributed by atoms with Crippen molar-refractivity contribution >= 4 is 23.2 Å². The van der Waals surface area contributed by atoms with Gasteiger partial charge < -0.3 is 10.1 Å². The minimum Gasteiger partial charge on any atom is -0.405 e. The summed E-state index contributed by atoms with van der Waals surface area (Å²) in [5.41, 5.74) is 1.76. The summed E-state index contributed by atoms with van der Waals surface area (Å²) in [6.45, 7) is 0. The Morgan fingerprint density at radius 2 is 1.68 bits per heavy atom. The highest BCUT2D eigenvalue weighted by molar-refractivity contribution is 6.35. The molecule has 1 heterocycles. The minimum atomic E-state index is -4.79. The summed E-state index contributed by atoms with van der Waals surface area (Å²) >= 11 is 0. The van der Waals surface area contributed by atoms with Crippen molar-refractivity contribution in [1.82, 2.24) is 0 Å². The summed E-state index contributed by atoms with van der Waals surface area (Å²) in [5.74, 6) is -0.706. The Balaban J connectivity index is 2.05. The predicted molar refractivity (Wildman–Crippen MR) is 76.1 cm³/mol. The van der Waals surface area contributed by atoms with E-state index in [0.717, 1.165) is 0 Å². The molecule has 6 heteroatoms. The molecule has 0 unspecified atom stereocenters. The lowest BCUT2D eigenvalue weighted by molar-refractivity contribution is -0.274. The number of benzene rings is 2. The third-order valence-electron chi connectivity index (χ3n) is 3.15. The van der Waals surface area contributed by atoms with Crippen LogP contribution in [0.1, 0.15) is 11.1 Å². The largest absolute Gasteiger partial charge is 0.573 e. The van der Waals surface area contributed by atoms with Crippen molar-refractivity contribution in [2.45, 2.75) is 6.36 Å². The summed E-state index contributed by atoms with van der Waals surface area (Å²) in [7, 11) is 0. The summed E-state index contributed by atoms with van der Waals surface area (Å²) < 4.78 is 41.3. The zero-order valence-corrected chi connectivity index (χ0v) is 11.1. The molecule has 3 rings (SSSR count). The topological polar surface area (TPSA) is 38.3 Å². The number of nitrogens with one attached hydrogen (secondary N) is 1. The number of amides is 1. The average molecular weight is 305 g/mol. The maximum absolute atomic E-state index is 12.4. The molecule has 1 amide bonds. The van der Waals surface area contributed by atoms with E-state index in [0.29, 0.717) is 16.8 Å². The van der Waals surface area contributed by atoms with Crippen LogP contribution in [0, 0.1) is 0 Å². The molecule has 0 atom stereocenters. The lowest BCUT2D eigenvalue weighted by Crippen LogP contribution is -2.17. The van der Waals surface area contributed by atoms with Crippen LogP contribution in [0.25, 0.3) is 11.6 Å². The SMILES string of the molecule is O=C1Nc2ccccc2/C1=C/c1ccccc1OC(F)(F)F. The Bertz CT molecular complexity index is 766. The first-order chi connectivity index (χ1) is 10.4. The lowest BCUT2D eigenvalue weighted by Gasteiger charge is -2.11. The quantitative estimate of drug-likeness (QED) is 0.849. The van der Waals surface area contributed by atoms with E-state index in [1.807, 2.05) is 0 Å². The fourth-order valence-corrected chi connectivity index (χ4v) is 2.26. The number of fused-ring (bicyclic) bond motifs is 1. The van der Waals surface area contributed by atoms with E-state index >= 15 is 0 Å². The highest BCUT2D eigenvalue weighted by Crippen LogP contribution is 2.35. The van der Waals surface area contributed by atoms with Crippen molar-refractivity contribution in [3.8, 4) is 5.75 Å². The summed E-state index contributed by atoms with van der Waals surface area (Å²) in [6.07, 6.45) is -3.40. The molecule has 2 aromatic rings. The van der Waals surface area contributed by atoms with Gasteiger partial charge in [0.15, 0.2) is 0 Å². The van der Waals surface area contributed by atoms with Crippen LogP contribution in [0.15, 0.2) is 48.5 Å². The number of alkyl halides is 3. The van der Waals surface area contributed by atoms with Gasteiger partial charge in [0, 0.05) is 22.4 Å². The third-order valence-corrected chi connectivity index (χ3v) is 3.15. The van der Waals surface area contributed by atoms with Gasteiger partial charge in [0.25, 0.3) is 5.91 Å². The molecule has 0 aromatic heterocycles. The van der Waals surface area contributed by atoms with Crippen molar-refractivity contribution in [2.75, 3.05) is 5.32 Å². The van der Waals surface area contributed by atoms with E-state index in [9.17, 15) is 18.0 Å². The Hall–Kier alpha value is -2.76. The molecule has 0 spiro atoms. The van der Waals surface area contributed by atoms with Crippen molar-refractivity contribution in [3.63, 3.8) is 0 Å². The molecule has 0 radical (unpaired) electrons. The number of para-hydroxylation sites is 2. The highest BCUT2D eigenvalue weighted by atomic mass is 19.4. The van der Waals surface area contributed by atoms with Gasteiger partial charge >= 0.3 is 6.36 Å². The number of hydrogen-bond donors (Lipinski definition) is 1. The van der Waals surface area contributed by atoms with Crippen molar-refractivity contribution in [3.05, 3.63) is 59.7 Å². The highest BCUT2D eigenvalue weighted by Gasteiger charge is 2.32. The molecule has 1 aliphatic heterocycles. The zero-order valence-electron chi connectivity index (χ0n) is 11.1. The Morgan fingerprint density at radius 3 is 2.45 bits per heavy atom. The van der Waals surface area contributed by atoms with Crippen LogP contribution < -0.4 is 10.1 Å². The molecule has 3 nitrogen and oxygen atoms in total. The normalized spacial score (nSPS) is 15.6. The predicted octanol–water partition coefficient (Wildman–Crippen LogP) is 4.08. The summed E-state index contributed by atoms with van der Waals surface area (Å²) in [4.78, 5) is 12.0. The van der Waals surface area contributed by atoms with Crippen molar-refractivity contribution in [2.24, 2.45) is 0 Å². The number of ether oxygens (including phenoxy) is 1. The third kappa shape index (κ3) is 2.81. The fraction of sp³-hybridized carbons (Fsp3) is 0.0625. The molecule has 0 fully saturated rings. The van der Waals surface area contributed by atoms with Crippen molar-refractivity contribution in [1.29, 1.82) is 0 Å². The number of hydrogen-bond acceptors (Lipinski definition) is 2. The van der Waals surface area contributed by atoms with Gasteiger partial charge in [-0.3, -0.25) is 4.79 Å². The lowest BCUT2D eigenvalue weighted by atomic mass is 10.0. The molecule has 1 N–H and O–H groups in total. The number of anilines is 1. The summed E-state index contributed by atoms with van der Waals surface area (Å²) in [6, 6.07) is 12.7. The first-order valence-corrected chi connectivity index (χ1v) is 6.41. The van der Waals surface area contributed by atoms with Crippen LogP contribution in [0.5, 0.6) is 5.75 Å². The molecular weight excluding hydrogens is 295 g/mol. The Morgan fingerprint density at radius 1 is 1.00 bits per heavy atom. The second kappa shape index (κ2) is 5.22. The number of carbonyl (C=O) groups excluding carboxylic acids is 1. The Labute approximate surface area is 124 Å².